The first-order valence-electron chi connectivity index (χ1n) is 8.57. The summed E-state index contributed by atoms with van der Waals surface area (Å²) in [6.45, 7) is -0.293. The number of anilines is 1. The predicted octanol–water partition coefficient (Wildman–Crippen LogP) is 1.95. The average Bonchev–Trinajstić information content (AvgIpc) is 3.15. The Labute approximate surface area is 159 Å². The van der Waals surface area contributed by atoms with Gasteiger partial charge in [-0.05, 0) is 31.0 Å². The van der Waals surface area contributed by atoms with Gasteiger partial charge in [0.15, 0.2) is 5.13 Å². The minimum atomic E-state index is -0.631. The maximum atomic E-state index is 13.3. The van der Waals surface area contributed by atoms with Crippen LogP contribution in [0.3, 0.4) is 0 Å². The highest BCUT2D eigenvalue weighted by atomic mass is 32.1. The van der Waals surface area contributed by atoms with Crippen LogP contribution in [0.1, 0.15) is 29.6 Å². The predicted molar refractivity (Wildman–Crippen MR) is 98.0 cm³/mol. The van der Waals surface area contributed by atoms with Crippen molar-refractivity contribution in [3.63, 3.8) is 0 Å². The van der Waals surface area contributed by atoms with Gasteiger partial charge in [0.1, 0.15) is 11.9 Å². The normalized spacial score (nSPS) is 22.2. The molecule has 7 nitrogen and oxygen atoms in total. The highest BCUT2D eigenvalue weighted by Gasteiger charge is 2.33. The van der Waals surface area contributed by atoms with E-state index in [-0.39, 0.29) is 30.6 Å². The lowest BCUT2D eigenvalue weighted by molar-refractivity contribution is -0.126. The summed E-state index contributed by atoms with van der Waals surface area (Å²) in [6, 6.07) is 4.98. The zero-order valence-electron chi connectivity index (χ0n) is 14.4. The number of amides is 2. The molecule has 1 aromatic carbocycles. The van der Waals surface area contributed by atoms with Crippen LogP contribution < -0.4 is 10.6 Å². The monoisotopic (exact) mass is 393 g/mol. The number of nitrogens with zero attached hydrogens (tertiary/aromatic N) is 1. The van der Waals surface area contributed by atoms with E-state index in [2.05, 4.69) is 15.6 Å². The number of hydrogen-bond donors (Lipinski definition) is 3. The van der Waals surface area contributed by atoms with Gasteiger partial charge in [0, 0.05) is 17.1 Å². The third-order valence-electron chi connectivity index (χ3n) is 4.29. The molecule has 27 heavy (non-hydrogen) atoms. The van der Waals surface area contributed by atoms with Crippen molar-refractivity contribution in [2.75, 3.05) is 11.9 Å². The Morgan fingerprint density at radius 3 is 2.93 bits per heavy atom. The second-order valence-corrected chi connectivity index (χ2v) is 7.13. The lowest BCUT2D eigenvalue weighted by atomic mass is 9.96. The summed E-state index contributed by atoms with van der Waals surface area (Å²) in [5, 5.41) is 17.4. The Morgan fingerprint density at radius 2 is 2.22 bits per heavy atom. The maximum absolute atomic E-state index is 13.3. The van der Waals surface area contributed by atoms with Gasteiger partial charge in [0.05, 0.1) is 25.2 Å². The number of carbonyl (C=O) groups is 2. The van der Waals surface area contributed by atoms with Gasteiger partial charge in [0.2, 0.25) is 5.91 Å². The van der Waals surface area contributed by atoms with Crippen LogP contribution in [0.2, 0.25) is 0 Å². The van der Waals surface area contributed by atoms with Crippen molar-refractivity contribution in [2.24, 2.45) is 0 Å². The van der Waals surface area contributed by atoms with E-state index in [1.807, 2.05) is 0 Å². The molecule has 144 valence electrons. The number of aliphatic hydroxyl groups is 1. The van der Waals surface area contributed by atoms with Crippen molar-refractivity contribution < 1.29 is 23.8 Å². The molecule has 1 aliphatic heterocycles. The van der Waals surface area contributed by atoms with E-state index in [1.54, 1.807) is 11.6 Å². The van der Waals surface area contributed by atoms with Crippen LogP contribution >= 0.6 is 11.3 Å². The van der Waals surface area contributed by atoms with Gasteiger partial charge in [-0.2, -0.15) is 0 Å². The molecule has 9 heteroatoms. The summed E-state index contributed by atoms with van der Waals surface area (Å²) in [7, 11) is 0. The Balaban J connectivity index is 1.53. The molecule has 1 fully saturated rings. The second-order valence-electron chi connectivity index (χ2n) is 6.24. The van der Waals surface area contributed by atoms with E-state index in [0.717, 1.165) is 6.07 Å². The van der Waals surface area contributed by atoms with Crippen molar-refractivity contribution in [1.29, 1.82) is 0 Å². The second kappa shape index (κ2) is 9.03. The molecule has 3 N–H and O–H groups in total. The van der Waals surface area contributed by atoms with E-state index >= 15 is 0 Å². The van der Waals surface area contributed by atoms with Crippen LogP contribution in [0, 0.1) is 5.82 Å². The number of benzene rings is 1. The van der Waals surface area contributed by atoms with E-state index in [9.17, 15) is 19.1 Å². The summed E-state index contributed by atoms with van der Waals surface area (Å²) in [6.07, 6.45) is 1.85. The number of hydrogen-bond acceptors (Lipinski definition) is 6. The van der Waals surface area contributed by atoms with Crippen LogP contribution in [-0.4, -0.2) is 46.8 Å². The first kappa shape index (κ1) is 19.4. The maximum Gasteiger partial charge on any atom is 0.251 e. The van der Waals surface area contributed by atoms with Gasteiger partial charge < -0.3 is 20.5 Å². The number of aromatic nitrogens is 1. The fraction of sp³-hybridized carbons (Fsp3) is 0.389. The Kier molecular flexibility index (Phi) is 6.49. The summed E-state index contributed by atoms with van der Waals surface area (Å²) in [4.78, 5) is 28.3. The van der Waals surface area contributed by atoms with Crippen LogP contribution in [0.25, 0.3) is 0 Å². The van der Waals surface area contributed by atoms with Crippen LogP contribution in [0.5, 0.6) is 0 Å². The highest BCUT2D eigenvalue weighted by molar-refractivity contribution is 7.13. The van der Waals surface area contributed by atoms with Gasteiger partial charge in [-0.25, -0.2) is 9.37 Å². The number of carbonyl (C=O) groups excluding carboxylic acids is 2. The molecule has 2 aromatic rings. The number of halogens is 1. The van der Waals surface area contributed by atoms with E-state index in [0.29, 0.717) is 18.0 Å². The molecule has 2 heterocycles. The van der Waals surface area contributed by atoms with Gasteiger partial charge in [-0.15, -0.1) is 11.3 Å². The Bertz CT molecular complexity index is 787. The van der Waals surface area contributed by atoms with E-state index in [4.69, 9.17) is 4.74 Å². The van der Waals surface area contributed by atoms with Crippen molar-refractivity contribution in [3.05, 3.63) is 47.2 Å². The van der Waals surface area contributed by atoms with Crippen molar-refractivity contribution in [3.8, 4) is 0 Å². The standard InChI is InChI=1S/C18H20FN3O4S/c19-12-3-1-2-11(8-12)17(25)21-14-5-4-13(26-15(14)10-23)9-16(24)22-18-20-6-7-27-18/h1-3,6-8,13-15,23H,4-5,9-10H2,(H,21,25)(H,20,22,24)/t13-,14+,15+/m1/s1. The minimum absolute atomic E-state index is 0.140. The van der Waals surface area contributed by atoms with Crippen LogP contribution in [0.15, 0.2) is 35.8 Å². The van der Waals surface area contributed by atoms with E-state index < -0.39 is 23.9 Å². The Morgan fingerprint density at radius 1 is 1.37 bits per heavy atom. The van der Waals surface area contributed by atoms with E-state index in [1.165, 1.54) is 29.5 Å². The molecule has 0 bridgehead atoms. The first-order chi connectivity index (χ1) is 13.0. The topological polar surface area (TPSA) is 101 Å². The number of aliphatic hydroxyl groups excluding tert-OH is 1. The summed E-state index contributed by atoms with van der Waals surface area (Å²) in [5.74, 6) is -1.14. The summed E-state index contributed by atoms with van der Waals surface area (Å²) < 4.78 is 19.1. The first-order valence-corrected chi connectivity index (χ1v) is 9.45. The quantitative estimate of drug-likeness (QED) is 0.697. The van der Waals surface area contributed by atoms with Gasteiger partial charge in [0.25, 0.3) is 5.91 Å². The molecule has 1 saturated heterocycles. The number of nitrogens with one attached hydrogen (secondary N) is 2. The third-order valence-corrected chi connectivity index (χ3v) is 4.98. The van der Waals surface area contributed by atoms with Crippen molar-refractivity contribution >= 4 is 28.3 Å². The molecular formula is C18H20FN3O4S. The SMILES string of the molecule is O=C(C[C@H]1CC[C@H](NC(=O)c2cccc(F)c2)[C@H](CO)O1)Nc1nccs1. The third kappa shape index (κ3) is 5.31. The molecule has 0 saturated carbocycles. The fourth-order valence-corrected chi connectivity index (χ4v) is 3.54. The van der Waals surface area contributed by atoms with Crippen LogP contribution in [-0.2, 0) is 9.53 Å². The molecule has 0 radical (unpaired) electrons. The molecule has 2 amide bonds. The van der Waals surface area contributed by atoms with Gasteiger partial charge >= 0.3 is 0 Å². The molecule has 3 atom stereocenters. The molecule has 0 spiro atoms. The zero-order valence-corrected chi connectivity index (χ0v) is 15.2. The molecule has 0 aliphatic carbocycles. The molecule has 0 unspecified atom stereocenters. The zero-order chi connectivity index (χ0) is 19.2. The molecule has 1 aromatic heterocycles. The fourth-order valence-electron chi connectivity index (χ4n) is 2.99. The van der Waals surface area contributed by atoms with Crippen molar-refractivity contribution in [1.82, 2.24) is 10.3 Å². The minimum Gasteiger partial charge on any atom is -0.394 e. The lowest BCUT2D eigenvalue weighted by Crippen LogP contribution is -2.51. The average molecular weight is 393 g/mol. The van der Waals surface area contributed by atoms with Gasteiger partial charge in [-0.1, -0.05) is 6.07 Å². The number of rotatable bonds is 6. The number of thiazole rings is 1. The summed E-state index contributed by atoms with van der Waals surface area (Å²) in [5.41, 5.74) is 0.205. The smallest absolute Gasteiger partial charge is 0.251 e. The molecule has 3 rings (SSSR count). The lowest BCUT2D eigenvalue weighted by Gasteiger charge is -2.36. The van der Waals surface area contributed by atoms with Gasteiger partial charge in [-0.3, -0.25) is 9.59 Å². The summed E-state index contributed by atoms with van der Waals surface area (Å²) >= 11 is 1.33. The van der Waals surface area contributed by atoms with Crippen molar-refractivity contribution in [2.45, 2.75) is 37.5 Å². The Hall–Kier alpha value is -2.36. The molecular weight excluding hydrogens is 373 g/mol. The highest BCUT2D eigenvalue weighted by Crippen LogP contribution is 2.23. The van der Waals surface area contributed by atoms with Crippen LogP contribution in [0.4, 0.5) is 9.52 Å². The largest absolute Gasteiger partial charge is 0.394 e. The number of ether oxygens (including phenoxy) is 1. The molecule has 1 aliphatic rings.